The Balaban J connectivity index is 1.69. The average Bonchev–Trinajstić information content (AvgIpc) is 2.72. The first-order chi connectivity index (χ1) is 7.84. The molecule has 1 aromatic carbocycles. The zero-order chi connectivity index (χ0) is 11.2. The lowest BCUT2D eigenvalue weighted by molar-refractivity contribution is 0.344. The molecule has 0 saturated heterocycles. The summed E-state index contributed by atoms with van der Waals surface area (Å²) in [6.07, 6.45) is 0. The maximum Gasteiger partial charge on any atom is 0.202 e. The third-order valence-corrected chi connectivity index (χ3v) is 3.22. The average molecular weight is 253 g/mol. The molecule has 1 heterocycles. The van der Waals surface area contributed by atoms with E-state index in [4.69, 9.17) is 10.5 Å². The summed E-state index contributed by atoms with van der Waals surface area (Å²) in [4.78, 5) is 4.05. The molecule has 0 aliphatic heterocycles. The zero-order valence-corrected chi connectivity index (χ0v) is 10.1. The number of para-hydroxylation sites is 1. The van der Waals surface area contributed by atoms with Crippen LogP contribution in [0.4, 0.5) is 5.13 Å². The molecule has 16 heavy (non-hydrogen) atoms. The molecule has 2 N–H and O–H groups in total. The number of rotatable bonds is 5. The molecule has 1 aromatic heterocycles. The van der Waals surface area contributed by atoms with Crippen LogP contribution in [-0.4, -0.2) is 21.7 Å². The van der Waals surface area contributed by atoms with E-state index < -0.39 is 0 Å². The highest BCUT2D eigenvalue weighted by Crippen LogP contribution is 2.17. The highest BCUT2D eigenvalue weighted by atomic mass is 32.2. The fraction of sp³-hybridized carbons (Fsp3) is 0.200. The van der Waals surface area contributed by atoms with Gasteiger partial charge in [-0.1, -0.05) is 30.0 Å². The van der Waals surface area contributed by atoms with Gasteiger partial charge in [0.1, 0.15) is 5.75 Å². The van der Waals surface area contributed by atoms with Gasteiger partial charge in [-0.3, -0.25) is 0 Å². The highest BCUT2D eigenvalue weighted by Gasteiger charge is 2.01. The summed E-state index contributed by atoms with van der Waals surface area (Å²) in [5.41, 5.74) is 5.47. The molecular weight excluding hydrogens is 242 g/mol. The van der Waals surface area contributed by atoms with Crippen LogP contribution in [0.5, 0.6) is 5.75 Å². The minimum Gasteiger partial charge on any atom is -0.493 e. The molecule has 2 aromatic rings. The van der Waals surface area contributed by atoms with Crippen LogP contribution in [0.2, 0.25) is 0 Å². The molecule has 0 atom stereocenters. The van der Waals surface area contributed by atoms with Crippen molar-refractivity contribution in [3.63, 3.8) is 0 Å². The Morgan fingerprint density at radius 3 is 2.81 bits per heavy atom. The second-order valence-corrected chi connectivity index (χ2v) is 4.77. The number of anilines is 1. The normalized spacial score (nSPS) is 10.2. The lowest BCUT2D eigenvalue weighted by atomic mass is 10.3. The second-order valence-electron chi connectivity index (χ2n) is 2.93. The fourth-order valence-corrected chi connectivity index (χ4v) is 2.32. The Bertz CT molecular complexity index is 433. The second kappa shape index (κ2) is 5.72. The molecule has 6 heteroatoms. The van der Waals surface area contributed by atoms with Gasteiger partial charge in [0, 0.05) is 17.3 Å². The molecule has 0 bridgehead atoms. The number of benzene rings is 1. The molecule has 2 rings (SSSR count). The van der Waals surface area contributed by atoms with Gasteiger partial charge < -0.3 is 10.5 Å². The van der Waals surface area contributed by atoms with Crippen molar-refractivity contribution < 1.29 is 4.74 Å². The number of aromatic nitrogens is 2. The smallest absolute Gasteiger partial charge is 0.202 e. The molecule has 0 radical (unpaired) electrons. The van der Waals surface area contributed by atoms with Crippen molar-refractivity contribution in [1.82, 2.24) is 9.36 Å². The van der Waals surface area contributed by atoms with Gasteiger partial charge in [0.2, 0.25) is 10.3 Å². The zero-order valence-electron chi connectivity index (χ0n) is 8.50. The number of hydrogen-bond donors (Lipinski definition) is 1. The topological polar surface area (TPSA) is 61.0 Å². The van der Waals surface area contributed by atoms with E-state index in [2.05, 4.69) is 9.36 Å². The molecule has 0 saturated carbocycles. The summed E-state index contributed by atoms with van der Waals surface area (Å²) in [6, 6.07) is 9.73. The van der Waals surface area contributed by atoms with E-state index in [1.807, 2.05) is 30.3 Å². The van der Waals surface area contributed by atoms with Gasteiger partial charge in [0.05, 0.1) is 6.61 Å². The van der Waals surface area contributed by atoms with Gasteiger partial charge in [0.25, 0.3) is 0 Å². The molecule has 84 valence electrons. The maximum absolute atomic E-state index is 5.53. The van der Waals surface area contributed by atoms with Crippen LogP contribution in [0, 0.1) is 0 Å². The highest BCUT2D eigenvalue weighted by molar-refractivity contribution is 7.99. The van der Waals surface area contributed by atoms with Crippen molar-refractivity contribution >= 4 is 28.4 Å². The lowest BCUT2D eigenvalue weighted by Gasteiger charge is -2.03. The van der Waals surface area contributed by atoms with Crippen molar-refractivity contribution in [3.8, 4) is 5.75 Å². The standard InChI is InChI=1S/C10H11N3OS2/c11-9-12-10(13-16-9)15-7-6-14-8-4-2-1-3-5-8/h1-5H,6-7H2,(H2,11,12,13). The van der Waals surface area contributed by atoms with Gasteiger partial charge in [0.15, 0.2) is 0 Å². The van der Waals surface area contributed by atoms with Crippen LogP contribution < -0.4 is 10.5 Å². The van der Waals surface area contributed by atoms with Crippen molar-refractivity contribution in [2.45, 2.75) is 5.16 Å². The lowest BCUT2D eigenvalue weighted by Crippen LogP contribution is -2.00. The van der Waals surface area contributed by atoms with Gasteiger partial charge in [-0.15, -0.1) is 0 Å². The molecule has 0 aliphatic carbocycles. The van der Waals surface area contributed by atoms with Crippen molar-refractivity contribution in [3.05, 3.63) is 30.3 Å². The van der Waals surface area contributed by atoms with Crippen LogP contribution in [0.1, 0.15) is 0 Å². The SMILES string of the molecule is Nc1nc(SCCOc2ccccc2)ns1. The molecular formula is C10H11N3OS2. The largest absolute Gasteiger partial charge is 0.493 e. The summed E-state index contributed by atoms with van der Waals surface area (Å²) in [5, 5.41) is 1.23. The number of nitrogens with two attached hydrogens (primary N) is 1. The number of nitrogens with zero attached hydrogens (tertiary/aromatic N) is 2. The molecule has 0 aliphatic rings. The third-order valence-electron chi connectivity index (χ3n) is 1.75. The number of nitrogen functional groups attached to an aromatic ring is 1. The Labute approximate surface area is 102 Å². The minimum absolute atomic E-state index is 0.506. The molecule has 4 nitrogen and oxygen atoms in total. The summed E-state index contributed by atoms with van der Waals surface area (Å²) >= 11 is 2.76. The van der Waals surface area contributed by atoms with Crippen LogP contribution in [-0.2, 0) is 0 Å². The number of thioether (sulfide) groups is 1. The summed E-state index contributed by atoms with van der Waals surface area (Å²) in [6.45, 7) is 0.633. The molecule has 0 fully saturated rings. The van der Waals surface area contributed by atoms with E-state index in [1.165, 1.54) is 11.5 Å². The number of hydrogen-bond acceptors (Lipinski definition) is 6. The predicted octanol–water partition coefficient (Wildman–Crippen LogP) is 2.29. The van der Waals surface area contributed by atoms with Crippen LogP contribution in [0.15, 0.2) is 35.5 Å². The first-order valence-corrected chi connectivity index (χ1v) is 6.50. The Morgan fingerprint density at radius 1 is 1.31 bits per heavy atom. The fourth-order valence-electron chi connectivity index (χ4n) is 1.09. The van der Waals surface area contributed by atoms with Crippen molar-refractivity contribution in [2.75, 3.05) is 18.1 Å². The molecule has 0 amide bonds. The van der Waals surface area contributed by atoms with Gasteiger partial charge in [-0.05, 0) is 12.1 Å². The van der Waals surface area contributed by atoms with E-state index in [9.17, 15) is 0 Å². The van der Waals surface area contributed by atoms with Gasteiger partial charge in [-0.25, -0.2) is 0 Å². The first kappa shape index (κ1) is 11.2. The first-order valence-electron chi connectivity index (χ1n) is 4.74. The third kappa shape index (κ3) is 3.39. The van der Waals surface area contributed by atoms with Crippen molar-refractivity contribution in [1.29, 1.82) is 0 Å². The molecule has 0 unspecified atom stereocenters. The number of ether oxygens (including phenoxy) is 1. The minimum atomic E-state index is 0.506. The van der Waals surface area contributed by atoms with E-state index in [-0.39, 0.29) is 0 Å². The Hall–Kier alpha value is -1.27. The Morgan fingerprint density at radius 2 is 2.12 bits per heavy atom. The summed E-state index contributed by atoms with van der Waals surface area (Å²) in [5.74, 6) is 1.69. The van der Waals surface area contributed by atoms with Crippen LogP contribution in [0.3, 0.4) is 0 Å². The van der Waals surface area contributed by atoms with Gasteiger partial charge >= 0.3 is 0 Å². The maximum atomic E-state index is 5.53. The monoisotopic (exact) mass is 253 g/mol. The van der Waals surface area contributed by atoms with E-state index >= 15 is 0 Å². The summed E-state index contributed by atoms with van der Waals surface area (Å²) in [7, 11) is 0. The van der Waals surface area contributed by atoms with E-state index in [1.54, 1.807) is 11.8 Å². The van der Waals surface area contributed by atoms with Crippen molar-refractivity contribution in [2.24, 2.45) is 0 Å². The molecule has 0 spiro atoms. The summed E-state index contributed by atoms with van der Waals surface area (Å²) < 4.78 is 9.60. The van der Waals surface area contributed by atoms with Crippen LogP contribution >= 0.6 is 23.3 Å². The predicted molar refractivity (Wildman–Crippen MR) is 67.0 cm³/mol. The quantitative estimate of drug-likeness (QED) is 0.654. The van der Waals surface area contributed by atoms with E-state index in [0.29, 0.717) is 11.7 Å². The van der Waals surface area contributed by atoms with Crippen LogP contribution in [0.25, 0.3) is 0 Å². The Kier molecular flexibility index (Phi) is 4.01. The van der Waals surface area contributed by atoms with Gasteiger partial charge in [-0.2, -0.15) is 9.36 Å². The van der Waals surface area contributed by atoms with E-state index in [0.717, 1.165) is 16.7 Å².